The second kappa shape index (κ2) is 6.38. The Morgan fingerprint density at radius 1 is 1.32 bits per heavy atom. The van der Waals surface area contributed by atoms with Gasteiger partial charge in [-0.3, -0.25) is 0 Å². The fourth-order valence-corrected chi connectivity index (χ4v) is 5.33. The molecule has 1 aromatic carbocycles. The van der Waals surface area contributed by atoms with E-state index in [1.54, 1.807) is 6.07 Å². The highest BCUT2D eigenvalue weighted by molar-refractivity contribution is 7.89. The van der Waals surface area contributed by atoms with Crippen LogP contribution in [-0.4, -0.2) is 42.3 Å². The van der Waals surface area contributed by atoms with Crippen molar-refractivity contribution < 1.29 is 13.2 Å². The Bertz CT molecular complexity index is 853. The van der Waals surface area contributed by atoms with Gasteiger partial charge in [0, 0.05) is 6.54 Å². The van der Waals surface area contributed by atoms with Gasteiger partial charge in [0.1, 0.15) is 17.8 Å². The number of aromatic nitrogens is 4. The van der Waals surface area contributed by atoms with Crippen molar-refractivity contribution in [2.24, 2.45) is 17.8 Å². The number of fused-ring (bicyclic) bond motifs is 2. The summed E-state index contributed by atoms with van der Waals surface area (Å²) in [4.78, 5) is 0.182. The molecule has 0 spiro atoms. The molecule has 134 valence electrons. The lowest BCUT2D eigenvalue weighted by atomic mass is 9.89. The molecule has 4 rings (SSSR count). The summed E-state index contributed by atoms with van der Waals surface area (Å²) >= 11 is 0. The summed E-state index contributed by atoms with van der Waals surface area (Å²) in [5.74, 6) is 2.44. The molecule has 25 heavy (non-hydrogen) atoms. The second-order valence-electron chi connectivity index (χ2n) is 6.87. The maximum absolute atomic E-state index is 12.7. The highest BCUT2D eigenvalue weighted by Crippen LogP contribution is 2.48. The Labute approximate surface area is 146 Å². The summed E-state index contributed by atoms with van der Waals surface area (Å²) in [5, 5.41) is 11.0. The second-order valence-corrected chi connectivity index (χ2v) is 8.64. The van der Waals surface area contributed by atoms with Crippen LogP contribution in [0.15, 0.2) is 29.4 Å². The van der Waals surface area contributed by atoms with Crippen molar-refractivity contribution in [3.8, 4) is 11.4 Å². The molecule has 0 radical (unpaired) electrons. The Morgan fingerprint density at radius 2 is 2.20 bits per heavy atom. The number of nitrogens with one attached hydrogen (secondary N) is 1. The van der Waals surface area contributed by atoms with Crippen molar-refractivity contribution in [1.29, 1.82) is 0 Å². The number of sulfonamides is 1. The molecule has 1 aromatic heterocycles. The minimum atomic E-state index is -3.59. The lowest BCUT2D eigenvalue weighted by Gasteiger charge is -2.22. The Morgan fingerprint density at radius 3 is 2.84 bits per heavy atom. The minimum Gasteiger partial charge on any atom is -0.494 e. The maximum atomic E-state index is 12.7. The summed E-state index contributed by atoms with van der Waals surface area (Å²) in [7, 11) is -2.07. The third-order valence-electron chi connectivity index (χ3n) is 5.48. The normalized spacial score (nSPS) is 25.4. The van der Waals surface area contributed by atoms with E-state index in [9.17, 15) is 8.42 Å². The summed E-state index contributed by atoms with van der Waals surface area (Å²) in [6, 6.07) is 4.68. The summed E-state index contributed by atoms with van der Waals surface area (Å²) in [6.45, 7) is 0.510. The van der Waals surface area contributed by atoms with E-state index in [0.717, 1.165) is 12.3 Å². The van der Waals surface area contributed by atoms with E-state index in [0.29, 0.717) is 29.8 Å². The van der Waals surface area contributed by atoms with E-state index in [-0.39, 0.29) is 4.90 Å². The van der Waals surface area contributed by atoms with Crippen LogP contribution < -0.4 is 9.46 Å². The summed E-state index contributed by atoms with van der Waals surface area (Å²) < 4.78 is 34.9. The first-order valence-corrected chi connectivity index (χ1v) is 9.96. The number of benzene rings is 1. The third-order valence-corrected chi connectivity index (χ3v) is 6.90. The molecule has 2 fully saturated rings. The van der Waals surface area contributed by atoms with E-state index in [4.69, 9.17) is 4.74 Å². The lowest BCUT2D eigenvalue weighted by molar-refractivity contribution is 0.333. The first-order chi connectivity index (χ1) is 12.1. The first kappa shape index (κ1) is 16.5. The standard InChI is InChI=1S/C16H21N5O3S/c1-24-16-5-4-14(8-15(16)21-10-17-19-20-21)25(22,23)18-9-13-7-11-2-3-12(13)6-11/h4-5,8,10-13,18H,2-3,6-7,9H2,1H3. The van der Waals surface area contributed by atoms with E-state index in [2.05, 4.69) is 20.2 Å². The lowest BCUT2D eigenvalue weighted by Crippen LogP contribution is -2.31. The third kappa shape index (κ3) is 3.13. The van der Waals surface area contributed by atoms with Gasteiger partial charge in [-0.25, -0.2) is 13.1 Å². The van der Waals surface area contributed by atoms with E-state index in [1.165, 1.54) is 49.5 Å². The Kier molecular flexibility index (Phi) is 4.20. The van der Waals surface area contributed by atoms with Gasteiger partial charge in [-0.15, -0.1) is 5.10 Å². The highest BCUT2D eigenvalue weighted by atomic mass is 32.2. The average Bonchev–Trinajstić information content (AvgIpc) is 3.36. The van der Waals surface area contributed by atoms with Crippen molar-refractivity contribution in [2.75, 3.05) is 13.7 Å². The molecule has 0 aliphatic heterocycles. The fourth-order valence-electron chi connectivity index (χ4n) is 4.21. The SMILES string of the molecule is COc1ccc(S(=O)(=O)NCC2CC3CCC2C3)cc1-n1cnnn1. The minimum absolute atomic E-state index is 0.182. The van der Waals surface area contributed by atoms with Crippen LogP contribution >= 0.6 is 0 Å². The van der Waals surface area contributed by atoms with E-state index in [1.807, 2.05) is 0 Å². The molecular weight excluding hydrogens is 342 g/mol. The molecule has 0 saturated heterocycles. The van der Waals surface area contributed by atoms with E-state index < -0.39 is 10.0 Å². The number of tetrazole rings is 1. The molecule has 3 unspecified atom stereocenters. The number of hydrogen-bond acceptors (Lipinski definition) is 6. The molecule has 3 atom stereocenters. The largest absolute Gasteiger partial charge is 0.494 e. The number of methoxy groups -OCH3 is 1. The van der Waals surface area contributed by atoms with Crippen LogP contribution in [-0.2, 0) is 10.0 Å². The predicted octanol–water partition coefficient (Wildman–Crippen LogP) is 1.39. The number of hydrogen-bond donors (Lipinski definition) is 1. The molecule has 1 N–H and O–H groups in total. The van der Waals surface area contributed by atoms with Crippen LogP contribution in [0.1, 0.15) is 25.7 Å². The average molecular weight is 363 g/mol. The van der Waals surface area contributed by atoms with Gasteiger partial charge in [0.15, 0.2) is 0 Å². The van der Waals surface area contributed by atoms with Gasteiger partial charge in [0.25, 0.3) is 0 Å². The van der Waals surface area contributed by atoms with Crippen LogP contribution in [0.25, 0.3) is 5.69 Å². The molecule has 2 bridgehead atoms. The van der Waals surface area contributed by atoms with Gasteiger partial charge < -0.3 is 4.74 Å². The zero-order valence-corrected chi connectivity index (χ0v) is 14.8. The quantitative estimate of drug-likeness (QED) is 0.832. The molecule has 9 heteroatoms. The summed E-state index contributed by atoms with van der Waals surface area (Å²) in [6.07, 6.45) is 6.35. The van der Waals surface area contributed by atoms with Gasteiger partial charge in [0.2, 0.25) is 10.0 Å². The van der Waals surface area contributed by atoms with E-state index >= 15 is 0 Å². The smallest absolute Gasteiger partial charge is 0.240 e. The molecular formula is C16H21N5O3S. The van der Waals surface area contributed by atoms with Crippen molar-refractivity contribution >= 4 is 10.0 Å². The van der Waals surface area contributed by atoms with Crippen LogP contribution in [0.3, 0.4) is 0 Å². The van der Waals surface area contributed by atoms with Gasteiger partial charge in [-0.1, -0.05) is 6.42 Å². The highest BCUT2D eigenvalue weighted by Gasteiger charge is 2.39. The Hall–Kier alpha value is -2.00. The molecule has 8 nitrogen and oxygen atoms in total. The monoisotopic (exact) mass is 363 g/mol. The molecule has 2 aliphatic carbocycles. The summed E-state index contributed by atoms with van der Waals surface area (Å²) in [5.41, 5.74) is 0.482. The van der Waals surface area contributed by atoms with Crippen molar-refractivity contribution in [1.82, 2.24) is 24.9 Å². The predicted molar refractivity (Wildman–Crippen MR) is 89.8 cm³/mol. The Balaban J connectivity index is 1.54. The van der Waals surface area contributed by atoms with Crippen molar-refractivity contribution in [2.45, 2.75) is 30.6 Å². The van der Waals surface area contributed by atoms with Crippen LogP contribution in [0, 0.1) is 17.8 Å². The topological polar surface area (TPSA) is 99.0 Å². The molecule has 2 aromatic rings. The van der Waals surface area contributed by atoms with Gasteiger partial charge in [-0.05, 0) is 65.6 Å². The van der Waals surface area contributed by atoms with Crippen LogP contribution in [0.4, 0.5) is 0 Å². The first-order valence-electron chi connectivity index (χ1n) is 8.48. The van der Waals surface area contributed by atoms with Crippen molar-refractivity contribution in [3.63, 3.8) is 0 Å². The zero-order chi connectivity index (χ0) is 17.4. The molecule has 2 saturated carbocycles. The van der Waals surface area contributed by atoms with Crippen molar-refractivity contribution in [3.05, 3.63) is 24.5 Å². The van der Waals surface area contributed by atoms with Gasteiger partial charge in [0.05, 0.1) is 12.0 Å². The number of ether oxygens (including phenoxy) is 1. The molecule has 0 amide bonds. The maximum Gasteiger partial charge on any atom is 0.240 e. The van der Waals surface area contributed by atoms with Gasteiger partial charge in [-0.2, -0.15) is 4.68 Å². The number of rotatable bonds is 6. The molecule has 2 aliphatic rings. The van der Waals surface area contributed by atoms with Gasteiger partial charge >= 0.3 is 0 Å². The fraction of sp³-hybridized carbons (Fsp3) is 0.562. The molecule has 1 heterocycles. The van der Waals surface area contributed by atoms with Crippen LogP contribution in [0.5, 0.6) is 5.75 Å². The van der Waals surface area contributed by atoms with Crippen LogP contribution in [0.2, 0.25) is 0 Å². The number of nitrogens with zero attached hydrogens (tertiary/aromatic N) is 4. The zero-order valence-electron chi connectivity index (χ0n) is 14.0.